The second-order valence-electron chi connectivity index (χ2n) is 6.16. The molecule has 0 heterocycles. The van der Waals surface area contributed by atoms with Crippen LogP contribution in [0.3, 0.4) is 0 Å². The first kappa shape index (κ1) is 21.5. The van der Waals surface area contributed by atoms with E-state index in [1.165, 1.54) is 0 Å². The first-order valence-corrected chi connectivity index (χ1v) is 7.04. The van der Waals surface area contributed by atoms with E-state index in [9.17, 15) is 9.59 Å². The van der Waals surface area contributed by atoms with E-state index in [2.05, 4.69) is 17.6 Å². The van der Waals surface area contributed by atoms with Gasteiger partial charge in [-0.25, -0.2) is 0 Å². The molecule has 1 atom stereocenters. The third-order valence-electron chi connectivity index (χ3n) is 2.69. The average Bonchev–Trinajstić information content (AvgIpc) is 2.29. The minimum Gasteiger partial charge on any atom is -0.351 e. The zero-order valence-corrected chi connectivity index (χ0v) is 13.9. The van der Waals surface area contributed by atoms with Crippen LogP contribution in [0.4, 0.5) is 0 Å². The van der Waals surface area contributed by atoms with E-state index in [0.717, 1.165) is 19.3 Å². The Morgan fingerprint density at radius 3 is 2.25 bits per heavy atom. The third kappa shape index (κ3) is 12.2. The first-order chi connectivity index (χ1) is 8.78. The fourth-order valence-corrected chi connectivity index (χ4v) is 1.70. The van der Waals surface area contributed by atoms with Crippen LogP contribution in [0.15, 0.2) is 0 Å². The van der Waals surface area contributed by atoms with Gasteiger partial charge in [0, 0.05) is 19.0 Å². The zero-order chi connectivity index (χ0) is 14.9. The summed E-state index contributed by atoms with van der Waals surface area (Å²) in [6.07, 6.45) is 3.42. The summed E-state index contributed by atoms with van der Waals surface area (Å²) >= 11 is 0. The predicted molar refractivity (Wildman–Crippen MR) is 84.8 cm³/mol. The number of hydrogen-bond donors (Lipinski definition) is 3. The van der Waals surface area contributed by atoms with Gasteiger partial charge in [0.05, 0.1) is 6.54 Å². The summed E-state index contributed by atoms with van der Waals surface area (Å²) in [7, 11) is 0. The number of carbonyl (C=O) groups excluding carboxylic acids is 2. The van der Waals surface area contributed by atoms with Crippen molar-refractivity contribution in [2.24, 2.45) is 11.1 Å². The maximum atomic E-state index is 11.7. The van der Waals surface area contributed by atoms with Crippen LogP contribution in [0, 0.1) is 5.41 Å². The van der Waals surface area contributed by atoms with E-state index >= 15 is 0 Å². The fourth-order valence-electron chi connectivity index (χ4n) is 1.70. The highest BCUT2D eigenvalue weighted by molar-refractivity contribution is 5.85. The molecule has 0 rings (SSSR count). The lowest BCUT2D eigenvalue weighted by Gasteiger charge is -2.19. The molecule has 0 aliphatic rings. The number of halogens is 1. The maximum absolute atomic E-state index is 11.7. The molecule has 6 heteroatoms. The number of unbranched alkanes of at least 4 members (excludes halogenated alkanes) is 1. The van der Waals surface area contributed by atoms with Crippen molar-refractivity contribution in [3.63, 3.8) is 0 Å². The molecule has 5 nitrogen and oxygen atoms in total. The molecular formula is C14H30ClN3O2. The van der Waals surface area contributed by atoms with Gasteiger partial charge in [-0.1, -0.05) is 40.5 Å². The molecule has 20 heavy (non-hydrogen) atoms. The van der Waals surface area contributed by atoms with Gasteiger partial charge >= 0.3 is 0 Å². The first-order valence-electron chi connectivity index (χ1n) is 7.04. The molecule has 0 aliphatic heterocycles. The molecule has 0 spiro atoms. The van der Waals surface area contributed by atoms with Gasteiger partial charge in [0.1, 0.15) is 0 Å². The van der Waals surface area contributed by atoms with Crippen LogP contribution in [-0.2, 0) is 9.59 Å². The van der Waals surface area contributed by atoms with Gasteiger partial charge in [-0.05, 0) is 11.8 Å². The molecule has 0 bridgehead atoms. The Bertz CT molecular complexity index is 291. The van der Waals surface area contributed by atoms with Crippen LogP contribution in [0.25, 0.3) is 0 Å². The molecule has 0 aliphatic carbocycles. The predicted octanol–water partition coefficient (Wildman–Crippen LogP) is 1.59. The third-order valence-corrected chi connectivity index (χ3v) is 2.69. The Morgan fingerprint density at radius 1 is 1.20 bits per heavy atom. The Hall–Kier alpha value is -0.810. The largest absolute Gasteiger partial charge is 0.351 e. The standard InChI is InChI=1S/C14H29N3O2.ClH/c1-5-6-7-11(9-15)17-13(19)10-16-12(18)8-14(2,3)4;/h11H,5-10,15H2,1-4H3,(H,16,18)(H,17,19);1H. The molecule has 0 saturated carbocycles. The Morgan fingerprint density at radius 2 is 1.80 bits per heavy atom. The molecule has 0 aromatic carbocycles. The van der Waals surface area contributed by atoms with Crippen LogP contribution < -0.4 is 16.4 Å². The van der Waals surface area contributed by atoms with Gasteiger partial charge in [0.25, 0.3) is 0 Å². The van der Waals surface area contributed by atoms with Crippen LogP contribution in [0.2, 0.25) is 0 Å². The summed E-state index contributed by atoms with van der Waals surface area (Å²) in [4.78, 5) is 23.2. The molecule has 2 amide bonds. The topological polar surface area (TPSA) is 84.2 Å². The van der Waals surface area contributed by atoms with Crippen LogP contribution in [0.5, 0.6) is 0 Å². The minimum absolute atomic E-state index is 0. The van der Waals surface area contributed by atoms with Crippen molar-refractivity contribution in [1.82, 2.24) is 10.6 Å². The number of nitrogens with one attached hydrogen (secondary N) is 2. The van der Waals surface area contributed by atoms with E-state index in [1.54, 1.807) is 0 Å². The molecular weight excluding hydrogens is 278 g/mol. The quantitative estimate of drug-likeness (QED) is 0.637. The lowest BCUT2D eigenvalue weighted by atomic mass is 9.92. The Labute approximate surface area is 128 Å². The van der Waals surface area contributed by atoms with Crippen molar-refractivity contribution in [2.75, 3.05) is 13.1 Å². The monoisotopic (exact) mass is 307 g/mol. The fraction of sp³-hybridized carbons (Fsp3) is 0.857. The van der Waals surface area contributed by atoms with E-state index in [4.69, 9.17) is 5.73 Å². The second-order valence-corrected chi connectivity index (χ2v) is 6.16. The normalized spacial score (nSPS) is 12.2. The molecule has 4 N–H and O–H groups in total. The van der Waals surface area contributed by atoms with Gasteiger partial charge in [-0.15, -0.1) is 12.4 Å². The van der Waals surface area contributed by atoms with Crippen LogP contribution >= 0.6 is 12.4 Å². The van der Waals surface area contributed by atoms with Crippen molar-refractivity contribution in [3.05, 3.63) is 0 Å². The van der Waals surface area contributed by atoms with E-state index in [0.29, 0.717) is 13.0 Å². The van der Waals surface area contributed by atoms with E-state index in [1.807, 2.05) is 20.8 Å². The van der Waals surface area contributed by atoms with Gasteiger partial charge in [-0.2, -0.15) is 0 Å². The van der Waals surface area contributed by atoms with Crippen LogP contribution in [0.1, 0.15) is 53.4 Å². The molecule has 0 aromatic heterocycles. The number of nitrogens with two attached hydrogens (primary N) is 1. The lowest BCUT2D eigenvalue weighted by Crippen LogP contribution is -2.45. The van der Waals surface area contributed by atoms with Crippen molar-refractivity contribution in [2.45, 2.75) is 59.4 Å². The van der Waals surface area contributed by atoms with Crippen LogP contribution in [-0.4, -0.2) is 30.9 Å². The molecule has 1 unspecified atom stereocenters. The second kappa shape index (κ2) is 10.9. The van der Waals surface area contributed by atoms with E-state index in [-0.39, 0.29) is 42.2 Å². The molecule has 0 fully saturated rings. The molecule has 0 saturated heterocycles. The molecule has 120 valence electrons. The lowest BCUT2D eigenvalue weighted by molar-refractivity contribution is -0.127. The number of carbonyl (C=O) groups is 2. The maximum Gasteiger partial charge on any atom is 0.239 e. The van der Waals surface area contributed by atoms with Gasteiger partial charge in [-0.3, -0.25) is 9.59 Å². The highest BCUT2D eigenvalue weighted by Gasteiger charge is 2.17. The minimum atomic E-state index is -0.172. The van der Waals surface area contributed by atoms with Crippen molar-refractivity contribution in [3.8, 4) is 0 Å². The number of rotatable bonds is 8. The summed E-state index contributed by atoms with van der Waals surface area (Å²) in [5, 5.41) is 5.47. The zero-order valence-electron chi connectivity index (χ0n) is 13.1. The van der Waals surface area contributed by atoms with Crippen molar-refractivity contribution in [1.29, 1.82) is 0 Å². The Kier molecular flexibility index (Phi) is 11.7. The smallest absolute Gasteiger partial charge is 0.239 e. The Balaban J connectivity index is 0. The molecule has 0 radical (unpaired) electrons. The molecule has 0 aromatic rings. The van der Waals surface area contributed by atoms with E-state index < -0.39 is 0 Å². The highest BCUT2D eigenvalue weighted by atomic mass is 35.5. The summed E-state index contributed by atoms with van der Waals surface area (Å²) in [5.74, 6) is -0.269. The van der Waals surface area contributed by atoms with Gasteiger partial charge < -0.3 is 16.4 Å². The number of hydrogen-bond acceptors (Lipinski definition) is 3. The average molecular weight is 308 g/mol. The summed E-state index contributed by atoms with van der Waals surface area (Å²) < 4.78 is 0. The van der Waals surface area contributed by atoms with Crippen molar-refractivity contribution >= 4 is 24.2 Å². The summed E-state index contributed by atoms with van der Waals surface area (Å²) in [6.45, 7) is 8.52. The summed E-state index contributed by atoms with van der Waals surface area (Å²) in [5.41, 5.74) is 5.53. The van der Waals surface area contributed by atoms with Gasteiger partial charge in [0.2, 0.25) is 11.8 Å². The highest BCUT2D eigenvalue weighted by Crippen LogP contribution is 2.17. The summed E-state index contributed by atoms with van der Waals surface area (Å²) in [6, 6.07) is 0.00645. The number of amides is 2. The van der Waals surface area contributed by atoms with Crippen molar-refractivity contribution < 1.29 is 9.59 Å². The van der Waals surface area contributed by atoms with Gasteiger partial charge in [0.15, 0.2) is 0 Å². The SMILES string of the molecule is CCCCC(CN)NC(=O)CNC(=O)CC(C)(C)C.Cl.